The van der Waals surface area contributed by atoms with Crippen molar-refractivity contribution in [2.45, 2.75) is 118 Å². The second-order valence-corrected chi connectivity index (χ2v) is 23.6. The maximum atomic E-state index is 15.4. The minimum atomic E-state index is -0.719. The average molecular weight is 1170 g/mol. The van der Waals surface area contributed by atoms with Crippen LogP contribution in [0.4, 0.5) is 30.0 Å². The fourth-order valence-electron chi connectivity index (χ4n) is 9.84. The van der Waals surface area contributed by atoms with Gasteiger partial charge >= 0.3 is 23.6 Å². The van der Waals surface area contributed by atoms with Crippen LogP contribution in [-0.2, 0) is 9.47 Å². The van der Waals surface area contributed by atoms with Crippen molar-refractivity contribution in [2.75, 3.05) is 62.3 Å². The maximum Gasteiger partial charge on any atom is 0.410 e. The van der Waals surface area contributed by atoms with Gasteiger partial charge in [0.05, 0.1) is 77.8 Å². The first-order chi connectivity index (χ1) is 36.1. The van der Waals surface area contributed by atoms with Gasteiger partial charge in [0.1, 0.15) is 29.4 Å². The topological polar surface area (TPSA) is 191 Å². The Labute approximate surface area is 463 Å². The van der Waals surface area contributed by atoms with E-state index in [1.54, 1.807) is 49.0 Å². The zero-order valence-electron chi connectivity index (χ0n) is 45.1. The lowest BCUT2D eigenvalue weighted by Crippen LogP contribution is -2.57. The van der Waals surface area contributed by atoms with Gasteiger partial charge in [0.25, 0.3) is 0 Å². The summed E-state index contributed by atoms with van der Waals surface area (Å²) in [6, 6.07) is 5.48. The molecule has 2 amide bonds. The highest BCUT2D eigenvalue weighted by Crippen LogP contribution is 2.43. The number of carbonyl (C=O) groups is 2. The van der Waals surface area contributed by atoms with E-state index in [0.717, 1.165) is 11.1 Å². The quantitative estimate of drug-likeness (QED) is 0.155. The Hall–Kier alpha value is -6.16. The summed E-state index contributed by atoms with van der Waals surface area (Å²) >= 11 is 16.0. The number of ether oxygens (including phenoxy) is 3. The fraction of sp³-hybridized carbons (Fsp3) is 0.481. The van der Waals surface area contributed by atoms with E-state index in [0.29, 0.717) is 63.5 Å². The van der Waals surface area contributed by atoms with Gasteiger partial charge in [-0.1, -0.05) is 50.9 Å². The van der Waals surface area contributed by atoms with Gasteiger partial charge in [-0.2, -0.15) is 9.97 Å². The van der Waals surface area contributed by atoms with Crippen LogP contribution in [0.2, 0.25) is 10.0 Å². The van der Waals surface area contributed by atoms with E-state index in [9.17, 15) is 24.3 Å². The highest BCUT2D eigenvalue weighted by atomic mass is 79.9. The van der Waals surface area contributed by atoms with Crippen LogP contribution in [0.25, 0.3) is 33.2 Å². The number of piperazine rings is 2. The van der Waals surface area contributed by atoms with Gasteiger partial charge < -0.3 is 38.9 Å². The van der Waals surface area contributed by atoms with E-state index in [4.69, 9.17) is 37.4 Å². The third-order valence-corrected chi connectivity index (χ3v) is 14.6. The van der Waals surface area contributed by atoms with Crippen molar-refractivity contribution in [2.24, 2.45) is 0 Å². The molecule has 7 heterocycles. The summed E-state index contributed by atoms with van der Waals surface area (Å²) in [5.74, 6) is -0.982. The van der Waals surface area contributed by atoms with Gasteiger partial charge in [-0.25, -0.2) is 28.0 Å². The van der Waals surface area contributed by atoms with Gasteiger partial charge in [-0.05, 0) is 119 Å². The molecule has 0 aliphatic carbocycles. The minimum absolute atomic E-state index is 0.0131. The third kappa shape index (κ3) is 11.3. The molecule has 2 saturated heterocycles. The Morgan fingerprint density at radius 3 is 1.68 bits per heavy atom. The van der Waals surface area contributed by atoms with E-state index in [2.05, 4.69) is 35.9 Å². The second-order valence-electron chi connectivity index (χ2n) is 22.0. The van der Waals surface area contributed by atoms with Crippen molar-refractivity contribution < 1.29 is 37.7 Å². The highest BCUT2D eigenvalue weighted by molar-refractivity contribution is 9.10. The smallest absolute Gasteiger partial charge is 0.410 e. The highest BCUT2D eigenvalue weighted by Gasteiger charge is 2.39. The van der Waals surface area contributed by atoms with Crippen LogP contribution in [0.5, 0.6) is 5.75 Å². The zero-order valence-corrected chi connectivity index (χ0v) is 48.2. The molecule has 0 unspecified atom stereocenters. The number of aliphatic hydroxyl groups excluding tert-OH is 1. The van der Waals surface area contributed by atoms with Crippen LogP contribution < -0.4 is 25.9 Å². The van der Waals surface area contributed by atoms with Crippen LogP contribution in [0, 0.1) is 25.5 Å². The standard InChI is InChI=1S/C27H32BrClFN5O4.C27H31ClFN5O4/c1-14(2)22-23(15(3)7-8-31-22)35-18-11-17(29)21(30)20(28)19(18)24(32-25(35)37)34-10-9-33(12-16(34)13-36)26(38)39-27(4,5)6;1-14(2)21-22(15(3)7-8-30-21)34-18-11-17(28)20(29)23-19(18)24(31-25(34)35)33-10-9-32(12-16(33)13-37-23)26(36)38-27(4,5)6/h7-8,11,14,16,36H,9-10,12-13H2,1-6H3;7-8,11,14,16H,9-10,12-13H2,1-6H3/t2*16-/m11/s1. The number of halogens is 5. The monoisotopic (exact) mass is 1170 g/mol. The molecule has 0 spiro atoms. The van der Waals surface area contributed by atoms with Crippen LogP contribution >= 0.6 is 39.1 Å². The average Bonchev–Trinajstić information content (AvgIpc) is 3.59. The lowest BCUT2D eigenvalue weighted by molar-refractivity contribution is 0.0188. The lowest BCUT2D eigenvalue weighted by atomic mass is 10.0. The molecule has 3 aliphatic rings. The number of hydrogen-bond acceptors (Lipinski definition) is 14. The van der Waals surface area contributed by atoms with E-state index < -0.39 is 52.4 Å². The number of aromatic nitrogens is 6. The SMILES string of the molecule is Cc1ccnc(C(C)C)c1-n1c(=O)nc(N2CCN(C(=O)OC(C)(C)C)C[C@@H]2CO)c2c(Br)c(F)c(Cl)cc21.Cc1ccnc(C(C)C)c1-n1c(=O)nc2c3c(c(F)c(Cl)cc31)OC[C@H]1CN(C(=O)OC(C)(C)C)CCN21. The number of aryl methyl sites for hydroxylation is 2. The molecule has 2 atom stereocenters. The predicted molar refractivity (Wildman–Crippen MR) is 296 cm³/mol. The molecular formula is C54H63BrCl2F2N10O8. The molecule has 0 bridgehead atoms. The Morgan fingerprint density at radius 1 is 0.740 bits per heavy atom. The predicted octanol–water partition coefficient (Wildman–Crippen LogP) is 10.0. The molecular weight excluding hydrogens is 1110 g/mol. The zero-order chi connectivity index (χ0) is 56.3. The summed E-state index contributed by atoms with van der Waals surface area (Å²) in [6.07, 6.45) is 2.45. The molecule has 0 saturated carbocycles. The Balaban J connectivity index is 0.000000204. The van der Waals surface area contributed by atoms with Crippen LogP contribution in [0.15, 0.2) is 50.7 Å². The first kappa shape index (κ1) is 57.0. The van der Waals surface area contributed by atoms with Gasteiger partial charge in [0.2, 0.25) is 0 Å². The first-order valence-electron chi connectivity index (χ1n) is 25.3. The van der Waals surface area contributed by atoms with Crippen LogP contribution in [0.1, 0.15) is 104 Å². The lowest BCUT2D eigenvalue weighted by Gasteiger charge is -2.42. The van der Waals surface area contributed by atoms with E-state index in [1.165, 1.54) is 26.2 Å². The molecule has 6 aromatic rings. The number of anilines is 2. The number of rotatable bonds is 6. The number of nitrogens with zero attached hydrogens (tertiary/aromatic N) is 10. The first-order valence-corrected chi connectivity index (χ1v) is 26.9. The van der Waals surface area contributed by atoms with Crippen molar-refractivity contribution in [1.82, 2.24) is 38.9 Å². The summed E-state index contributed by atoms with van der Waals surface area (Å²) in [7, 11) is 0. The van der Waals surface area contributed by atoms with Crippen molar-refractivity contribution in [3.63, 3.8) is 0 Å². The molecule has 412 valence electrons. The number of aliphatic hydroxyl groups is 1. The van der Waals surface area contributed by atoms with Crippen LogP contribution in [0.3, 0.4) is 0 Å². The summed E-state index contributed by atoms with van der Waals surface area (Å²) in [6.45, 7) is 23.8. The normalized spacial score (nSPS) is 16.8. The molecule has 0 radical (unpaired) electrons. The number of hydrogen-bond donors (Lipinski definition) is 1. The molecule has 2 fully saturated rings. The fourth-order valence-corrected chi connectivity index (χ4v) is 10.9. The summed E-state index contributed by atoms with van der Waals surface area (Å²) in [5, 5.41) is 10.6. The summed E-state index contributed by atoms with van der Waals surface area (Å²) in [4.78, 5) is 77.6. The van der Waals surface area contributed by atoms with Crippen molar-refractivity contribution in [3.05, 3.63) is 106 Å². The largest absolute Gasteiger partial charge is 0.487 e. The molecule has 77 heavy (non-hydrogen) atoms. The van der Waals surface area contributed by atoms with Crippen molar-refractivity contribution >= 4 is 84.8 Å². The Kier molecular flexibility index (Phi) is 16.2. The van der Waals surface area contributed by atoms with Gasteiger partial charge in [-0.15, -0.1) is 0 Å². The number of carbonyl (C=O) groups excluding carboxylic acids is 2. The minimum Gasteiger partial charge on any atom is -0.487 e. The molecule has 1 N–H and O–H groups in total. The van der Waals surface area contributed by atoms with Crippen molar-refractivity contribution in [3.8, 4) is 17.1 Å². The molecule has 4 aromatic heterocycles. The second kappa shape index (κ2) is 21.9. The Morgan fingerprint density at radius 2 is 1.19 bits per heavy atom. The van der Waals surface area contributed by atoms with Gasteiger partial charge in [0.15, 0.2) is 17.4 Å². The number of benzene rings is 2. The van der Waals surface area contributed by atoms with E-state index in [1.807, 2.05) is 73.3 Å². The molecule has 9 rings (SSSR count). The van der Waals surface area contributed by atoms with E-state index >= 15 is 8.78 Å². The molecule has 23 heteroatoms. The maximum absolute atomic E-state index is 15.4. The number of amides is 2. The van der Waals surface area contributed by atoms with Crippen LogP contribution in [-0.4, -0.2) is 132 Å². The molecule has 2 aromatic carbocycles. The number of fused-ring (bicyclic) bond motifs is 3. The summed E-state index contributed by atoms with van der Waals surface area (Å²) < 4.78 is 50.6. The van der Waals surface area contributed by atoms with E-state index in [-0.39, 0.29) is 83.4 Å². The third-order valence-electron chi connectivity index (χ3n) is 13.3. The van der Waals surface area contributed by atoms with Gasteiger partial charge in [-0.3, -0.25) is 19.1 Å². The molecule has 18 nitrogen and oxygen atoms in total. The Bertz CT molecular complexity index is 3440. The number of pyridine rings is 2. The molecule has 3 aliphatic heterocycles. The summed E-state index contributed by atoms with van der Waals surface area (Å²) in [5.41, 5.74) is 2.45. The van der Waals surface area contributed by atoms with Gasteiger partial charge in [0, 0.05) is 51.7 Å². The van der Waals surface area contributed by atoms with Crippen molar-refractivity contribution in [1.29, 1.82) is 0 Å².